The van der Waals surface area contributed by atoms with Crippen LogP contribution in [0.3, 0.4) is 0 Å². The highest BCUT2D eigenvalue weighted by Gasteiger charge is 2.29. The van der Waals surface area contributed by atoms with E-state index in [4.69, 9.17) is 0 Å². The van der Waals surface area contributed by atoms with Crippen LogP contribution in [0.25, 0.3) is 0 Å². The third-order valence-electron chi connectivity index (χ3n) is 2.66. The number of carbonyl (C=O) groups excluding carboxylic acids is 1. The van der Waals surface area contributed by atoms with E-state index < -0.39 is 0 Å². The van der Waals surface area contributed by atoms with Crippen molar-refractivity contribution < 1.29 is 4.79 Å². The molecular weight excluding hydrogens is 190 g/mol. The number of aryl methyl sites for hydroxylation is 1. The molecule has 1 aliphatic rings. The zero-order valence-corrected chi connectivity index (χ0v) is 8.68. The molecule has 78 valence electrons. The Balaban J connectivity index is 2.29. The second kappa shape index (κ2) is 3.81. The molecule has 1 fully saturated rings. The summed E-state index contributed by atoms with van der Waals surface area (Å²) in [6.45, 7) is 6.29. The first-order valence-corrected chi connectivity index (χ1v) is 4.92. The minimum Gasteiger partial charge on any atom is -0.309 e. The highest BCUT2D eigenvalue weighted by atomic mass is 16.2. The van der Waals surface area contributed by atoms with Crippen LogP contribution in [0.5, 0.6) is 0 Å². The Hall–Kier alpha value is -1.71. The van der Waals surface area contributed by atoms with Crippen molar-refractivity contribution >= 4 is 11.6 Å². The molecule has 0 radical (unpaired) electrons. The Morgan fingerprint density at radius 1 is 1.67 bits per heavy atom. The molecule has 1 atom stereocenters. The van der Waals surface area contributed by atoms with Crippen LogP contribution in [0.4, 0.5) is 5.69 Å². The van der Waals surface area contributed by atoms with E-state index in [0.29, 0.717) is 13.0 Å². The Morgan fingerprint density at radius 3 is 3.07 bits per heavy atom. The van der Waals surface area contributed by atoms with E-state index in [-0.39, 0.29) is 11.8 Å². The van der Waals surface area contributed by atoms with Crippen LogP contribution in [0.2, 0.25) is 0 Å². The largest absolute Gasteiger partial charge is 0.309 e. The maximum Gasteiger partial charge on any atom is 0.227 e. The van der Waals surface area contributed by atoms with E-state index in [1.807, 2.05) is 13.0 Å². The van der Waals surface area contributed by atoms with Gasteiger partial charge in [0.25, 0.3) is 0 Å². The summed E-state index contributed by atoms with van der Waals surface area (Å²) in [6.07, 6.45) is 5.55. The average Bonchev–Trinajstić information content (AvgIpc) is 2.60. The maximum atomic E-state index is 11.7. The number of rotatable bonds is 2. The third-order valence-corrected chi connectivity index (χ3v) is 2.66. The average molecular weight is 203 g/mol. The summed E-state index contributed by atoms with van der Waals surface area (Å²) in [6, 6.07) is 0. The van der Waals surface area contributed by atoms with Crippen molar-refractivity contribution in [2.45, 2.75) is 13.3 Å². The van der Waals surface area contributed by atoms with Gasteiger partial charge in [-0.25, -0.2) is 9.97 Å². The lowest BCUT2D eigenvalue weighted by atomic mass is 10.1. The zero-order valence-electron chi connectivity index (χ0n) is 8.68. The molecular formula is C11H13N3O. The Bertz CT molecular complexity index is 403. The smallest absolute Gasteiger partial charge is 0.227 e. The molecule has 4 heteroatoms. The van der Waals surface area contributed by atoms with Crippen LogP contribution in [0, 0.1) is 12.8 Å². The van der Waals surface area contributed by atoms with Gasteiger partial charge in [0.05, 0.1) is 17.6 Å². The fraction of sp³-hybridized carbons (Fsp3) is 0.364. The van der Waals surface area contributed by atoms with Gasteiger partial charge in [-0.2, -0.15) is 0 Å². The standard InChI is InChI=1S/C11H13N3O/c1-3-9-4-11(15)14(6-9)10-5-12-7-13-8(10)2/h3,5,7,9H,1,4,6H2,2H3. The Morgan fingerprint density at radius 2 is 2.47 bits per heavy atom. The molecule has 1 saturated heterocycles. The molecule has 1 unspecified atom stereocenters. The van der Waals surface area contributed by atoms with Gasteiger partial charge in [-0.1, -0.05) is 6.08 Å². The summed E-state index contributed by atoms with van der Waals surface area (Å²) >= 11 is 0. The third kappa shape index (κ3) is 1.75. The fourth-order valence-electron chi connectivity index (χ4n) is 1.77. The topological polar surface area (TPSA) is 46.1 Å². The van der Waals surface area contributed by atoms with Gasteiger partial charge in [-0.15, -0.1) is 6.58 Å². The SMILES string of the molecule is C=CC1CC(=O)N(c2cncnc2C)C1. The highest BCUT2D eigenvalue weighted by Crippen LogP contribution is 2.26. The molecule has 0 aromatic carbocycles. The second-order valence-electron chi connectivity index (χ2n) is 3.70. The van der Waals surface area contributed by atoms with Gasteiger partial charge in [-0.3, -0.25) is 4.79 Å². The van der Waals surface area contributed by atoms with Gasteiger partial charge in [0, 0.05) is 18.9 Å². The molecule has 1 aromatic rings. The minimum absolute atomic E-state index is 0.123. The lowest BCUT2D eigenvalue weighted by molar-refractivity contribution is -0.117. The molecule has 0 aliphatic carbocycles. The number of hydrogen-bond acceptors (Lipinski definition) is 3. The van der Waals surface area contributed by atoms with E-state index in [2.05, 4.69) is 16.5 Å². The fourth-order valence-corrected chi connectivity index (χ4v) is 1.77. The van der Waals surface area contributed by atoms with Gasteiger partial charge in [0.1, 0.15) is 6.33 Å². The second-order valence-corrected chi connectivity index (χ2v) is 3.70. The number of carbonyl (C=O) groups is 1. The van der Waals surface area contributed by atoms with Gasteiger partial charge >= 0.3 is 0 Å². The van der Waals surface area contributed by atoms with E-state index in [1.54, 1.807) is 11.1 Å². The van der Waals surface area contributed by atoms with Crippen LogP contribution in [-0.4, -0.2) is 22.4 Å². The van der Waals surface area contributed by atoms with Crippen LogP contribution < -0.4 is 4.90 Å². The molecule has 0 bridgehead atoms. The van der Waals surface area contributed by atoms with Gasteiger partial charge in [0.2, 0.25) is 5.91 Å². The summed E-state index contributed by atoms with van der Waals surface area (Å²) in [4.78, 5) is 21.5. The van der Waals surface area contributed by atoms with Crippen LogP contribution in [-0.2, 0) is 4.79 Å². The monoisotopic (exact) mass is 203 g/mol. The first-order chi connectivity index (χ1) is 7.22. The summed E-state index contributed by atoms with van der Waals surface area (Å²) < 4.78 is 0. The number of nitrogens with zero attached hydrogens (tertiary/aromatic N) is 3. The van der Waals surface area contributed by atoms with Gasteiger partial charge in [0.15, 0.2) is 0 Å². The molecule has 15 heavy (non-hydrogen) atoms. The molecule has 1 aliphatic heterocycles. The maximum absolute atomic E-state index is 11.7. The predicted molar refractivity (Wildman–Crippen MR) is 57.4 cm³/mol. The first-order valence-electron chi connectivity index (χ1n) is 4.92. The molecule has 0 spiro atoms. The van der Waals surface area contributed by atoms with Crippen molar-refractivity contribution in [3.05, 3.63) is 30.9 Å². The van der Waals surface area contributed by atoms with Crippen molar-refractivity contribution in [1.82, 2.24) is 9.97 Å². The van der Waals surface area contributed by atoms with Crippen molar-refractivity contribution in [3.63, 3.8) is 0 Å². The molecule has 2 heterocycles. The molecule has 0 saturated carbocycles. The first kappa shape index (κ1) is 9.83. The Kier molecular flexibility index (Phi) is 2.49. The zero-order chi connectivity index (χ0) is 10.8. The van der Waals surface area contributed by atoms with Gasteiger partial charge in [-0.05, 0) is 6.92 Å². The Labute approximate surface area is 88.7 Å². The number of hydrogen-bond donors (Lipinski definition) is 0. The quantitative estimate of drug-likeness (QED) is 0.681. The molecule has 1 amide bonds. The summed E-state index contributed by atoms with van der Waals surface area (Å²) in [5.41, 5.74) is 1.65. The lowest BCUT2D eigenvalue weighted by Gasteiger charge is -2.16. The molecule has 0 N–H and O–H groups in total. The van der Waals surface area contributed by atoms with Crippen LogP contribution >= 0.6 is 0 Å². The lowest BCUT2D eigenvalue weighted by Crippen LogP contribution is -2.25. The number of anilines is 1. The van der Waals surface area contributed by atoms with E-state index in [1.165, 1.54) is 6.33 Å². The van der Waals surface area contributed by atoms with E-state index >= 15 is 0 Å². The van der Waals surface area contributed by atoms with Crippen molar-refractivity contribution in [2.24, 2.45) is 5.92 Å². The van der Waals surface area contributed by atoms with Crippen molar-refractivity contribution in [2.75, 3.05) is 11.4 Å². The van der Waals surface area contributed by atoms with E-state index in [9.17, 15) is 4.79 Å². The van der Waals surface area contributed by atoms with Crippen LogP contribution in [0.1, 0.15) is 12.1 Å². The number of aromatic nitrogens is 2. The molecule has 1 aromatic heterocycles. The minimum atomic E-state index is 0.123. The molecule has 4 nitrogen and oxygen atoms in total. The summed E-state index contributed by atoms with van der Waals surface area (Å²) in [5, 5.41) is 0. The van der Waals surface area contributed by atoms with Gasteiger partial charge < -0.3 is 4.90 Å². The normalized spacial score (nSPS) is 20.7. The summed E-state index contributed by atoms with van der Waals surface area (Å²) in [7, 11) is 0. The predicted octanol–water partition coefficient (Wildman–Crippen LogP) is 1.32. The van der Waals surface area contributed by atoms with Crippen LogP contribution in [0.15, 0.2) is 25.2 Å². The van der Waals surface area contributed by atoms with E-state index in [0.717, 1.165) is 11.4 Å². The van der Waals surface area contributed by atoms with Crippen molar-refractivity contribution in [1.29, 1.82) is 0 Å². The highest BCUT2D eigenvalue weighted by molar-refractivity contribution is 5.96. The summed E-state index contributed by atoms with van der Waals surface area (Å²) in [5.74, 6) is 0.370. The van der Waals surface area contributed by atoms with Crippen molar-refractivity contribution in [3.8, 4) is 0 Å². The number of amides is 1. The molecule has 2 rings (SSSR count).